The predicted octanol–water partition coefficient (Wildman–Crippen LogP) is 1.54. The van der Waals surface area contributed by atoms with Crippen LogP contribution < -0.4 is 5.73 Å². The number of carboxylic acids is 1. The summed E-state index contributed by atoms with van der Waals surface area (Å²) >= 11 is 3.20. The fraction of sp³-hybridized carbons (Fsp3) is 0.222. The van der Waals surface area contributed by atoms with E-state index >= 15 is 0 Å². The zero-order chi connectivity index (χ0) is 10.7. The number of para-hydroxylation sites is 1. The Morgan fingerprint density at radius 1 is 1.57 bits per heavy atom. The van der Waals surface area contributed by atoms with Crippen LogP contribution in [0.5, 0.6) is 0 Å². The lowest BCUT2D eigenvalue weighted by Crippen LogP contribution is -2.08. The minimum Gasteiger partial charge on any atom is -0.481 e. The van der Waals surface area contributed by atoms with Crippen molar-refractivity contribution in [3.05, 3.63) is 28.2 Å². The van der Waals surface area contributed by atoms with Gasteiger partial charge in [0.2, 0.25) is 0 Å². The van der Waals surface area contributed by atoms with Gasteiger partial charge >= 0.3 is 5.97 Å². The lowest BCUT2D eigenvalue weighted by molar-refractivity contribution is -0.139. The third-order valence-corrected chi connectivity index (χ3v) is 2.51. The highest BCUT2D eigenvalue weighted by atomic mass is 79.9. The molecule has 0 saturated carbocycles. The standard InChI is InChI=1S/C9H10BrNO3/c10-6-3-1-2-5(9(6)11)7(12)4-8(13)14/h1-3,7,12H,4,11H2,(H,13,14). The molecule has 1 unspecified atom stereocenters. The molecule has 1 rings (SSSR count). The maximum absolute atomic E-state index is 10.4. The normalized spacial score (nSPS) is 12.4. The second kappa shape index (κ2) is 4.43. The molecule has 1 atom stereocenters. The van der Waals surface area contributed by atoms with E-state index in [1.54, 1.807) is 18.2 Å². The molecule has 0 aliphatic rings. The van der Waals surface area contributed by atoms with Crippen LogP contribution in [-0.4, -0.2) is 16.2 Å². The molecule has 1 aromatic carbocycles. The Balaban J connectivity index is 2.95. The largest absolute Gasteiger partial charge is 0.481 e. The Morgan fingerprint density at radius 3 is 2.79 bits per heavy atom. The van der Waals surface area contributed by atoms with Gasteiger partial charge in [0.25, 0.3) is 0 Å². The van der Waals surface area contributed by atoms with Gasteiger partial charge in [0.1, 0.15) is 0 Å². The first-order valence-electron chi connectivity index (χ1n) is 3.96. The molecule has 0 aromatic heterocycles. The number of aliphatic hydroxyl groups excluding tert-OH is 1. The second-order valence-corrected chi connectivity index (χ2v) is 3.71. The van der Waals surface area contributed by atoms with Gasteiger partial charge in [-0.1, -0.05) is 12.1 Å². The first kappa shape index (κ1) is 11.0. The van der Waals surface area contributed by atoms with Crippen molar-refractivity contribution in [1.82, 2.24) is 0 Å². The van der Waals surface area contributed by atoms with Crippen LogP contribution in [0.2, 0.25) is 0 Å². The molecule has 0 spiro atoms. The van der Waals surface area contributed by atoms with Crippen LogP contribution in [-0.2, 0) is 4.79 Å². The van der Waals surface area contributed by atoms with Gasteiger partial charge in [-0.25, -0.2) is 0 Å². The number of carbonyl (C=O) groups is 1. The predicted molar refractivity (Wildman–Crippen MR) is 55.8 cm³/mol. The molecule has 0 amide bonds. The lowest BCUT2D eigenvalue weighted by atomic mass is 10.1. The zero-order valence-electron chi connectivity index (χ0n) is 7.27. The minimum absolute atomic E-state index is 0.347. The van der Waals surface area contributed by atoms with Crippen LogP contribution in [0.1, 0.15) is 18.1 Å². The first-order chi connectivity index (χ1) is 6.52. The average Bonchev–Trinajstić information content (AvgIpc) is 2.08. The first-order valence-corrected chi connectivity index (χ1v) is 4.75. The summed E-state index contributed by atoms with van der Waals surface area (Å²) in [6, 6.07) is 5.03. The number of rotatable bonds is 3. The molecule has 14 heavy (non-hydrogen) atoms. The summed E-state index contributed by atoms with van der Waals surface area (Å²) < 4.78 is 0.652. The fourth-order valence-corrected chi connectivity index (χ4v) is 1.50. The summed E-state index contributed by atoms with van der Waals surface area (Å²) in [7, 11) is 0. The summed E-state index contributed by atoms with van der Waals surface area (Å²) in [5.41, 5.74) is 6.47. The summed E-state index contributed by atoms with van der Waals surface area (Å²) in [6.07, 6.45) is -1.41. The van der Waals surface area contributed by atoms with Crippen LogP contribution in [0.3, 0.4) is 0 Å². The molecule has 0 radical (unpaired) electrons. The number of halogens is 1. The maximum atomic E-state index is 10.4. The highest BCUT2D eigenvalue weighted by molar-refractivity contribution is 9.10. The second-order valence-electron chi connectivity index (χ2n) is 2.86. The van der Waals surface area contributed by atoms with Gasteiger partial charge in [0.05, 0.1) is 18.2 Å². The highest BCUT2D eigenvalue weighted by Gasteiger charge is 2.15. The van der Waals surface area contributed by atoms with Crippen LogP contribution in [0.15, 0.2) is 22.7 Å². The van der Waals surface area contributed by atoms with Crippen molar-refractivity contribution >= 4 is 27.6 Å². The average molecular weight is 260 g/mol. The van der Waals surface area contributed by atoms with Crippen LogP contribution in [0, 0.1) is 0 Å². The summed E-state index contributed by atoms with van der Waals surface area (Å²) in [4.78, 5) is 10.4. The van der Waals surface area contributed by atoms with Crippen LogP contribution >= 0.6 is 15.9 Å². The number of aliphatic hydroxyl groups is 1. The molecule has 0 saturated heterocycles. The lowest BCUT2D eigenvalue weighted by Gasteiger charge is -2.11. The van der Waals surface area contributed by atoms with Gasteiger partial charge in [0, 0.05) is 10.0 Å². The van der Waals surface area contributed by atoms with Gasteiger partial charge in [0.15, 0.2) is 0 Å². The van der Waals surface area contributed by atoms with E-state index in [1.807, 2.05) is 0 Å². The van der Waals surface area contributed by atoms with E-state index < -0.39 is 12.1 Å². The van der Waals surface area contributed by atoms with E-state index in [0.29, 0.717) is 15.7 Å². The molecule has 0 aliphatic heterocycles. The van der Waals surface area contributed by atoms with Crippen molar-refractivity contribution in [1.29, 1.82) is 0 Å². The Morgan fingerprint density at radius 2 is 2.21 bits per heavy atom. The highest BCUT2D eigenvalue weighted by Crippen LogP contribution is 2.29. The van der Waals surface area contributed by atoms with Gasteiger partial charge in [-0.2, -0.15) is 0 Å². The molecular weight excluding hydrogens is 250 g/mol. The Labute approximate surface area is 89.5 Å². The zero-order valence-corrected chi connectivity index (χ0v) is 8.86. The quantitative estimate of drug-likeness (QED) is 0.720. The number of aliphatic carboxylic acids is 1. The van der Waals surface area contributed by atoms with E-state index in [1.165, 1.54) is 0 Å². The van der Waals surface area contributed by atoms with Crippen molar-refractivity contribution in [3.63, 3.8) is 0 Å². The smallest absolute Gasteiger partial charge is 0.306 e. The summed E-state index contributed by atoms with van der Waals surface area (Å²) in [5.74, 6) is -1.06. The Bertz CT molecular complexity index is 354. The number of hydrogen-bond donors (Lipinski definition) is 3. The number of benzene rings is 1. The molecule has 4 N–H and O–H groups in total. The van der Waals surface area contributed by atoms with Crippen LogP contribution in [0.25, 0.3) is 0 Å². The maximum Gasteiger partial charge on any atom is 0.306 e. The summed E-state index contributed by atoms with van der Waals surface area (Å²) in [6.45, 7) is 0. The third-order valence-electron chi connectivity index (χ3n) is 1.81. The number of carboxylic acid groups (broad SMARTS) is 1. The minimum atomic E-state index is -1.06. The molecule has 0 fully saturated rings. The van der Waals surface area contributed by atoms with Gasteiger partial charge in [-0.3, -0.25) is 4.79 Å². The van der Waals surface area contributed by atoms with Crippen molar-refractivity contribution in [2.24, 2.45) is 0 Å². The molecule has 76 valence electrons. The molecule has 4 nitrogen and oxygen atoms in total. The van der Waals surface area contributed by atoms with Gasteiger partial charge in [-0.05, 0) is 22.0 Å². The number of hydrogen-bond acceptors (Lipinski definition) is 3. The van der Waals surface area contributed by atoms with Crippen molar-refractivity contribution in [2.75, 3.05) is 5.73 Å². The molecule has 0 heterocycles. The summed E-state index contributed by atoms with van der Waals surface area (Å²) in [5, 5.41) is 18.0. The van der Waals surface area contributed by atoms with E-state index in [0.717, 1.165) is 0 Å². The van der Waals surface area contributed by atoms with Gasteiger partial charge in [-0.15, -0.1) is 0 Å². The fourth-order valence-electron chi connectivity index (χ4n) is 1.12. The Kier molecular flexibility index (Phi) is 3.49. The van der Waals surface area contributed by atoms with E-state index in [-0.39, 0.29) is 6.42 Å². The third kappa shape index (κ3) is 2.46. The van der Waals surface area contributed by atoms with E-state index in [4.69, 9.17) is 10.8 Å². The number of nitrogens with two attached hydrogens (primary N) is 1. The molecule has 0 aliphatic carbocycles. The molecular formula is C9H10BrNO3. The monoisotopic (exact) mass is 259 g/mol. The van der Waals surface area contributed by atoms with Gasteiger partial charge < -0.3 is 15.9 Å². The van der Waals surface area contributed by atoms with Crippen LogP contribution in [0.4, 0.5) is 5.69 Å². The molecule has 0 bridgehead atoms. The molecule has 5 heteroatoms. The number of nitrogen functional groups attached to an aromatic ring is 1. The van der Waals surface area contributed by atoms with E-state index in [2.05, 4.69) is 15.9 Å². The SMILES string of the molecule is Nc1c(Br)cccc1C(O)CC(=O)O. The topological polar surface area (TPSA) is 83.5 Å². The molecule has 1 aromatic rings. The van der Waals surface area contributed by atoms with Crippen molar-refractivity contribution in [2.45, 2.75) is 12.5 Å². The Hall–Kier alpha value is -1.07. The van der Waals surface area contributed by atoms with E-state index in [9.17, 15) is 9.90 Å². The van der Waals surface area contributed by atoms with Crippen molar-refractivity contribution in [3.8, 4) is 0 Å². The number of anilines is 1. The van der Waals surface area contributed by atoms with Crippen molar-refractivity contribution < 1.29 is 15.0 Å².